The van der Waals surface area contributed by atoms with Crippen molar-refractivity contribution in [2.75, 3.05) is 0 Å². The summed E-state index contributed by atoms with van der Waals surface area (Å²) < 4.78 is 0. The minimum absolute atomic E-state index is 0.250. The van der Waals surface area contributed by atoms with Crippen LogP contribution in [0.1, 0.15) is 44.4 Å². The zero-order chi connectivity index (χ0) is 15.7. The molecule has 2 aromatic carbocycles. The lowest BCUT2D eigenvalue weighted by Crippen LogP contribution is -2.10. The maximum atomic E-state index is 3.72. The second-order valence-electron chi connectivity index (χ2n) is 5.99. The van der Waals surface area contributed by atoms with Gasteiger partial charge < -0.3 is 0 Å². The van der Waals surface area contributed by atoms with Gasteiger partial charge >= 0.3 is 0 Å². The van der Waals surface area contributed by atoms with E-state index in [9.17, 15) is 0 Å². The molecule has 2 aromatic rings. The molecule has 0 radical (unpaired) electrons. The van der Waals surface area contributed by atoms with Crippen molar-refractivity contribution in [2.24, 2.45) is 0 Å². The van der Waals surface area contributed by atoms with E-state index < -0.39 is 0 Å². The molecule has 0 saturated heterocycles. The van der Waals surface area contributed by atoms with E-state index in [-0.39, 0.29) is 5.41 Å². The predicted molar refractivity (Wildman–Crippen MR) is 96.4 cm³/mol. The Kier molecular flexibility index (Phi) is 6.68. The average Bonchev–Trinajstić information content (AvgIpc) is 2.48. The van der Waals surface area contributed by atoms with Gasteiger partial charge in [0.1, 0.15) is 0 Å². The first kappa shape index (κ1) is 17.0. The largest absolute Gasteiger partial charge is 0.0985 e. The molecule has 0 N–H and O–H groups in total. The van der Waals surface area contributed by atoms with Gasteiger partial charge in [-0.25, -0.2) is 0 Å². The molecule has 21 heavy (non-hydrogen) atoms. The number of hydrogen-bond donors (Lipinski definition) is 0. The van der Waals surface area contributed by atoms with Crippen molar-refractivity contribution in [3.63, 3.8) is 0 Å². The Hall–Kier alpha value is -2.08. The van der Waals surface area contributed by atoms with Gasteiger partial charge in [-0.2, -0.15) is 0 Å². The minimum Gasteiger partial charge on any atom is -0.0985 e. The SMILES string of the molecule is C=Cc1ccc(C(C)(C)C)cc1.CC=Cc1ccccc1. The van der Waals surface area contributed by atoms with Gasteiger partial charge in [0.25, 0.3) is 0 Å². The van der Waals surface area contributed by atoms with Crippen LogP contribution < -0.4 is 0 Å². The third kappa shape index (κ3) is 6.27. The molecule has 0 spiro atoms. The third-order valence-corrected chi connectivity index (χ3v) is 3.17. The fourth-order valence-electron chi connectivity index (χ4n) is 1.88. The van der Waals surface area contributed by atoms with Gasteiger partial charge in [-0.15, -0.1) is 0 Å². The Bertz CT molecular complexity index is 551. The van der Waals surface area contributed by atoms with Crippen LogP contribution >= 0.6 is 0 Å². The van der Waals surface area contributed by atoms with Crippen LogP contribution in [0.15, 0.2) is 67.3 Å². The monoisotopic (exact) mass is 278 g/mol. The fourth-order valence-corrected chi connectivity index (χ4v) is 1.88. The molecular formula is C21H26. The third-order valence-electron chi connectivity index (χ3n) is 3.17. The highest BCUT2D eigenvalue weighted by atomic mass is 14.2. The van der Waals surface area contributed by atoms with Crippen LogP contribution in [0.2, 0.25) is 0 Å². The van der Waals surface area contributed by atoms with Crippen LogP contribution in [0.4, 0.5) is 0 Å². The van der Waals surface area contributed by atoms with Crippen molar-refractivity contribution in [2.45, 2.75) is 33.1 Å². The Labute approximate surface area is 129 Å². The molecule has 0 saturated carbocycles. The smallest absolute Gasteiger partial charge is 0.0132 e. The summed E-state index contributed by atoms with van der Waals surface area (Å²) in [6.07, 6.45) is 5.99. The number of rotatable bonds is 2. The summed E-state index contributed by atoms with van der Waals surface area (Å²) in [7, 11) is 0. The van der Waals surface area contributed by atoms with Crippen LogP contribution in [0.5, 0.6) is 0 Å². The van der Waals surface area contributed by atoms with Gasteiger partial charge in [0.15, 0.2) is 0 Å². The number of benzene rings is 2. The van der Waals surface area contributed by atoms with E-state index in [1.54, 1.807) is 0 Å². The Morgan fingerprint density at radius 3 is 1.81 bits per heavy atom. The first-order valence-electron chi connectivity index (χ1n) is 7.38. The van der Waals surface area contributed by atoms with Crippen molar-refractivity contribution in [1.82, 2.24) is 0 Å². The van der Waals surface area contributed by atoms with Crippen molar-refractivity contribution >= 4 is 12.2 Å². The molecule has 0 heteroatoms. The molecule has 0 atom stereocenters. The van der Waals surface area contributed by atoms with Gasteiger partial charge in [0.05, 0.1) is 0 Å². The molecule has 0 amide bonds. The molecule has 2 rings (SSSR count). The Balaban J connectivity index is 0.000000219. The van der Waals surface area contributed by atoms with Crippen LogP contribution in [-0.4, -0.2) is 0 Å². The summed E-state index contributed by atoms with van der Waals surface area (Å²) >= 11 is 0. The van der Waals surface area contributed by atoms with Crippen LogP contribution in [0, 0.1) is 0 Å². The second kappa shape index (κ2) is 8.26. The highest BCUT2D eigenvalue weighted by Crippen LogP contribution is 2.22. The second-order valence-corrected chi connectivity index (χ2v) is 5.99. The number of allylic oxidation sites excluding steroid dienone is 1. The molecule has 0 fully saturated rings. The molecule has 0 aliphatic carbocycles. The van der Waals surface area contributed by atoms with Crippen LogP contribution in [-0.2, 0) is 5.41 Å². The molecule has 0 nitrogen and oxygen atoms in total. The highest BCUT2D eigenvalue weighted by Gasteiger charge is 2.12. The predicted octanol–water partition coefficient (Wildman–Crippen LogP) is 6.35. The van der Waals surface area contributed by atoms with Crippen molar-refractivity contribution in [3.8, 4) is 0 Å². The highest BCUT2D eigenvalue weighted by molar-refractivity contribution is 5.48. The van der Waals surface area contributed by atoms with E-state index in [2.05, 4.69) is 69.8 Å². The van der Waals surface area contributed by atoms with Gasteiger partial charge in [-0.1, -0.05) is 100 Å². The van der Waals surface area contributed by atoms with E-state index in [4.69, 9.17) is 0 Å². The molecule has 0 aliphatic heterocycles. The molecule has 0 heterocycles. The molecule has 0 bridgehead atoms. The van der Waals surface area contributed by atoms with Gasteiger partial charge in [0.2, 0.25) is 0 Å². The van der Waals surface area contributed by atoms with E-state index >= 15 is 0 Å². The van der Waals surface area contributed by atoms with Crippen LogP contribution in [0.3, 0.4) is 0 Å². The molecule has 0 aromatic heterocycles. The molecule has 110 valence electrons. The summed E-state index contributed by atoms with van der Waals surface area (Å²) in [6, 6.07) is 18.8. The topological polar surface area (TPSA) is 0 Å². The summed E-state index contributed by atoms with van der Waals surface area (Å²) in [5, 5.41) is 0. The lowest BCUT2D eigenvalue weighted by Gasteiger charge is -2.18. The van der Waals surface area contributed by atoms with E-state index in [1.807, 2.05) is 37.3 Å². The summed E-state index contributed by atoms with van der Waals surface area (Å²) in [5.74, 6) is 0. The van der Waals surface area contributed by atoms with Gasteiger partial charge in [0, 0.05) is 0 Å². The first-order chi connectivity index (χ1) is 9.97. The quantitative estimate of drug-likeness (QED) is 0.600. The van der Waals surface area contributed by atoms with Crippen LogP contribution in [0.25, 0.3) is 12.2 Å². The Morgan fingerprint density at radius 2 is 1.38 bits per heavy atom. The standard InChI is InChI=1S/C12H16.C9H10/c1-5-10-6-8-11(9-7-10)12(2,3)4;1-2-6-9-7-4-3-5-8-9/h5-9H,1H2,2-4H3;2-8H,1H3. The van der Waals surface area contributed by atoms with Crippen molar-refractivity contribution in [1.29, 1.82) is 0 Å². The van der Waals surface area contributed by atoms with E-state index in [1.165, 1.54) is 16.7 Å². The normalized spacial score (nSPS) is 10.9. The van der Waals surface area contributed by atoms with Crippen molar-refractivity contribution < 1.29 is 0 Å². The minimum atomic E-state index is 0.250. The maximum absolute atomic E-state index is 3.72. The maximum Gasteiger partial charge on any atom is -0.0132 e. The summed E-state index contributed by atoms with van der Waals surface area (Å²) in [5.41, 5.74) is 4.07. The zero-order valence-corrected chi connectivity index (χ0v) is 13.6. The summed E-state index contributed by atoms with van der Waals surface area (Å²) in [6.45, 7) is 12.4. The zero-order valence-electron chi connectivity index (χ0n) is 13.6. The van der Waals surface area contributed by atoms with Gasteiger partial charge in [-0.05, 0) is 29.0 Å². The van der Waals surface area contributed by atoms with Gasteiger partial charge in [-0.3, -0.25) is 0 Å². The molecular weight excluding hydrogens is 252 g/mol. The molecule has 0 unspecified atom stereocenters. The first-order valence-corrected chi connectivity index (χ1v) is 7.38. The van der Waals surface area contributed by atoms with Crippen molar-refractivity contribution in [3.05, 3.63) is 83.9 Å². The Morgan fingerprint density at radius 1 is 0.810 bits per heavy atom. The van der Waals surface area contributed by atoms with E-state index in [0.717, 1.165) is 0 Å². The number of hydrogen-bond acceptors (Lipinski definition) is 0. The lowest BCUT2D eigenvalue weighted by atomic mass is 9.87. The van der Waals surface area contributed by atoms with E-state index in [0.29, 0.717) is 0 Å². The lowest BCUT2D eigenvalue weighted by molar-refractivity contribution is 0.590. The summed E-state index contributed by atoms with van der Waals surface area (Å²) in [4.78, 5) is 0. The fraction of sp³-hybridized carbons (Fsp3) is 0.238. The molecule has 0 aliphatic rings. The average molecular weight is 278 g/mol.